The van der Waals surface area contributed by atoms with E-state index in [1.54, 1.807) is 19.1 Å². The Hall–Kier alpha value is -3.16. The van der Waals surface area contributed by atoms with Crippen molar-refractivity contribution in [3.63, 3.8) is 0 Å². The van der Waals surface area contributed by atoms with Gasteiger partial charge in [-0.15, -0.1) is 0 Å². The van der Waals surface area contributed by atoms with Gasteiger partial charge in [-0.05, 0) is 26.0 Å². The third kappa shape index (κ3) is 5.44. The highest BCUT2D eigenvalue weighted by atomic mass is 16.5. The van der Waals surface area contributed by atoms with E-state index in [0.29, 0.717) is 17.1 Å². The molecule has 0 aliphatic rings. The Morgan fingerprint density at radius 1 is 1.15 bits per heavy atom. The molecule has 8 nitrogen and oxygen atoms in total. The van der Waals surface area contributed by atoms with Gasteiger partial charge in [0.1, 0.15) is 11.5 Å². The minimum Gasteiger partial charge on any atom is -0.496 e. The Balaban J connectivity index is 1.78. The van der Waals surface area contributed by atoms with Crippen molar-refractivity contribution in [1.29, 1.82) is 0 Å². The number of benzene rings is 1. The predicted octanol–water partition coefficient (Wildman–Crippen LogP) is 2.44. The van der Waals surface area contributed by atoms with Crippen molar-refractivity contribution in [3.8, 4) is 5.75 Å². The molecule has 0 saturated heterocycles. The van der Waals surface area contributed by atoms with Gasteiger partial charge in [-0.1, -0.05) is 16.8 Å². The van der Waals surface area contributed by atoms with E-state index in [2.05, 4.69) is 10.5 Å². The summed E-state index contributed by atoms with van der Waals surface area (Å²) in [5.74, 6) is -0.177. The van der Waals surface area contributed by atoms with Crippen molar-refractivity contribution < 1.29 is 28.4 Å². The zero-order chi connectivity index (χ0) is 19.1. The number of rotatable bonds is 8. The third-order valence-corrected chi connectivity index (χ3v) is 3.47. The molecule has 0 aliphatic heterocycles. The lowest BCUT2D eigenvalue weighted by atomic mass is 10.0. The van der Waals surface area contributed by atoms with E-state index < -0.39 is 18.5 Å². The van der Waals surface area contributed by atoms with Crippen LogP contribution in [0.15, 0.2) is 28.8 Å². The molecule has 1 N–H and O–H groups in total. The quantitative estimate of drug-likeness (QED) is 0.569. The first-order valence-corrected chi connectivity index (χ1v) is 7.95. The molecular weight excluding hydrogens is 340 g/mol. The van der Waals surface area contributed by atoms with E-state index in [1.165, 1.54) is 13.2 Å². The molecule has 0 spiro atoms. The number of esters is 1. The fourth-order valence-electron chi connectivity index (χ4n) is 2.21. The van der Waals surface area contributed by atoms with Crippen LogP contribution in [0.4, 0.5) is 5.82 Å². The molecule has 0 aliphatic carbocycles. The Kier molecular flexibility index (Phi) is 6.48. The lowest BCUT2D eigenvalue weighted by Crippen LogP contribution is -2.21. The minimum atomic E-state index is -0.642. The average Bonchev–Trinajstić information content (AvgIpc) is 3.02. The number of nitrogens with zero attached hydrogens (tertiary/aromatic N) is 1. The summed E-state index contributed by atoms with van der Waals surface area (Å²) in [5, 5.41) is 6.02. The van der Waals surface area contributed by atoms with Gasteiger partial charge in [0.2, 0.25) is 0 Å². The first kappa shape index (κ1) is 19.2. The molecule has 2 rings (SSSR count). The summed E-state index contributed by atoms with van der Waals surface area (Å²) < 4.78 is 14.8. The summed E-state index contributed by atoms with van der Waals surface area (Å²) in [5.41, 5.74) is 1.33. The number of hydrogen-bond acceptors (Lipinski definition) is 7. The fourth-order valence-corrected chi connectivity index (χ4v) is 2.21. The summed E-state index contributed by atoms with van der Waals surface area (Å²) in [6, 6.07) is 6.78. The van der Waals surface area contributed by atoms with E-state index >= 15 is 0 Å². The van der Waals surface area contributed by atoms with Crippen molar-refractivity contribution in [2.24, 2.45) is 0 Å². The average molecular weight is 360 g/mol. The normalized spacial score (nSPS) is 10.3. The van der Waals surface area contributed by atoms with Crippen LogP contribution in [-0.2, 0) is 14.3 Å². The van der Waals surface area contributed by atoms with Gasteiger partial charge >= 0.3 is 5.97 Å². The predicted molar refractivity (Wildman–Crippen MR) is 92.1 cm³/mol. The molecule has 8 heteroatoms. The number of methoxy groups -OCH3 is 1. The number of amides is 1. The van der Waals surface area contributed by atoms with Crippen molar-refractivity contribution in [3.05, 3.63) is 41.2 Å². The summed E-state index contributed by atoms with van der Waals surface area (Å²) in [4.78, 5) is 35.7. The summed E-state index contributed by atoms with van der Waals surface area (Å²) >= 11 is 0. The molecule has 26 heavy (non-hydrogen) atoms. The maximum absolute atomic E-state index is 12.3. The summed E-state index contributed by atoms with van der Waals surface area (Å²) in [6.07, 6.45) is -0.172. The number of carbonyl (C=O) groups excluding carboxylic acids is 3. The van der Waals surface area contributed by atoms with Crippen LogP contribution in [0, 0.1) is 13.8 Å². The third-order valence-electron chi connectivity index (χ3n) is 3.47. The molecule has 138 valence electrons. The number of hydrogen-bond donors (Lipinski definition) is 1. The van der Waals surface area contributed by atoms with Crippen LogP contribution in [0.3, 0.4) is 0 Å². The van der Waals surface area contributed by atoms with Gasteiger partial charge in [0.15, 0.2) is 18.2 Å². The summed E-state index contributed by atoms with van der Waals surface area (Å²) in [6.45, 7) is 3.08. The first-order valence-electron chi connectivity index (χ1n) is 7.95. The van der Waals surface area contributed by atoms with Gasteiger partial charge < -0.3 is 19.3 Å². The highest BCUT2D eigenvalue weighted by molar-refractivity contribution is 6.00. The van der Waals surface area contributed by atoms with Gasteiger partial charge in [0.05, 0.1) is 19.1 Å². The number of aryl methyl sites for hydroxylation is 2. The highest BCUT2D eigenvalue weighted by Crippen LogP contribution is 2.21. The first-order chi connectivity index (χ1) is 12.4. The zero-order valence-electron chi connectivity index (χ0n) is 14.8. The van der Waals surface area contributed by atoms with Crippen LogP contribution < -0.4 is 10.1 Å². The van der Waals surface area contributed by atoms with Gasteiger partial charge in [-0.3, -0.25) is 14.4 Å². The molecule has 0 radical (unpaired) electrons. The van der Waals surface area contributed by atoms with E-state index in [-0.39, 0.29) is 24.4 Å². The fraction of sp³-hybridized carbons (Fsp3) is 0.333. The second kappa shape index (κ2) is 8.80. The van der Waals surface area contributed by atoms with E-state index in [9.17, 15) is 14.4 Å². The topological polar surface area (TPSA) is 108 Å². The number of Topliss-reactive ketones (excluding diaryl/α,β-unsaturated/α-hetero) is 1. The van der Waals surface area contributed by atoms with Crippen LogP contribution in [-0.4, -0.2) is 36.5 Å². The second-order valence-electron chi connectivity index (χ2n) is 5.66. The molecule has 0 fully saturated rings. The SMILES string of the molecule is COc1ccc(C)cc1C(=O)CCC(=O)OCC(=O)Nc1cc(C)on1. The van der Waals surface area contributed by atoms with Gasteiger partial charge in [-0.2, -0.15) is 0 Å². The van der Waals surface area contributed by atoms with Crippen LogP contribution >= 0.6 is 0 Å². The molecule has 1 aromatic carbocycles. The van der Waals surface area contributed by atoms with Gasteiger partial charge in [-0.25, -0.2) is 0 Å². The Morgan fingerprint density at radius 2 is 1.92 bits per heavy atom. The van der Waals surface area contributed by atoms with Crippen molar-refractivity contribution in [1.82, 2.24) is 5.16 Å². The molecular formula is C18H20N2O6. The van der Waals surface area contributed by atoms with Crippen LogP contribution in [0.25, 0.3) is 0 Å². The molecule has 2 aromatic rings. The number of aromatic nitrogens is 1. The zero-order valence-corrected chi connectivity index (χ0v) is 14.8. The number of ketones is 1. The Morgan fingerprint density at radius 3 is 2.58 bits per heavy atom. The molecule has 0 unspecified atom stereocenters. The van der Waals surface area contributed by atoms with Crippen molar-refractivity contribution >= 4 is 23.5 Å². The molecule has 1 heterocycles. The Labute approximate surface area is 150 Å². The van der Waals surface area contributed by atoms with Crippen molar-refractivity contribution in [2.75, 3.05) is 19.0 Å². The highest BCUT2D eigenvalue weighted by Gasteiger charge is 2.16. The number of carbonyl (C=O) groups is 3. The Bertz CT molecular complexity index is 812. The molecule has 1 aromatic heterocycles. The van der Waals surface area contributed by atoms with E-state index in [1.807, 2.05) is 13.0 Å². The largest absolute Gasteiger partial charge is 0.496 e. The number of ether oxygens (including phenoxy) is 2. The second-order valence-corrected chi connectivity index (χ2v) is 5.66. The summed E-state index contributed by atoms with van der Waals surface area (Å²) in [7, 11) is 1.48. The molecule has 0 bridgehead atoms. The standard InChI is InChI=1S/C18H20N2O6/c1-11-4-6-15(24-3)13(8-11)14(21)5-7-18(23)25-10-17(22)19-16-9-12(2)26-20-16/h4,6,8-9H,5,7,10H2,1-3H3,(H,19,20,22). The van der Waals surface area contributed by atoms with Gasteiger partial charge in [0, 0.05) is 12.5 Å². The lowest BCUT2D eigenvalue weighted by Gasteiger charge is -2.08. The van der Waals surface area contributed by atoms with Crippen LogP contribution in [0.5, 0.6) is 5.75 Å². The number of anilines is 1. The number of nitrogens with one attached hydrogen (secondary N) is 1. The minimum absolute atomic E-state index is 0.0389. The maximum atomic E-state index is 12.3. The van der Waals surface area contributed by atoms with Crippen molar-refractivity contribution in [2.45, 2.75) is 26.7 Å². The molecule has 1 amide bonds. The van der Waals surface area contributed by atoms with E-state index in [4.69, 9.17) is 14.0 Å². The smallest absolute Gasteiger partial charge is 0.306 e. The molecule has 0 saturated carbocycles. The monoisotopic (exact) mass is 360 g/mol. The maximum Gasteiger partial charge on any atom is 0.306 e. The molecule has 0 atom stereocenters. The van der Waals surface area contributed by atoms with E-state index in [0.717, 1.165) is 5.56 Å². The van der Waals surface area contributed by atoms with Crippen LogP contribution in [0.2, 0.25) is 0 Å². The van der Waals surface area contributed by atoms with Crippen LogP contribution in [0.1, 0.15) is 34.5 Å². The van der Waals surface area contributed by atoms with Gasteiger partial charge in [0.25, 0.3) is 5.91 Å². The lowest BCUT2D eigenvalue weighted by molar-refractivity contribution is -0.147.